The molecule has 0 saturated heterocycles. The van der Waals surface area contributed by atoms with Crippen molar-refractivity contribution < 1.29 is 4.79 Å². The maximum Gasteiger partial charge on any atom is 0.226 e. The quantitative estimate of drug-likeness (QED) is 0.653. The molecule has 1 fully saturated rings. The van der Waals surface area contributed by atoms with E-state index in [9.17, 15) is 4.79 Å². The Morgan fingerprint density at radius 3 is 2.71 bits per heavy atom. The molecule has 2 aromatic heterocycles. The number of rotatable bonds is 7. The average Bonchev–Trinajstić information content (AvgIpc) is 3.28. The largest absolute Gasteiger partial charge is 0.350 e. The van der Waals surface area contributed by atoms with E-state index < -0.39 is 0 Å². The van der Waals surface area contributed by atoms with Crippen LogP contribution in [0.15, 0.2) is 35.8 Å². The van der Waals surface area contributed by atoms with Crippen molar-refractivity contribution in [2.24, 2.45) is 0 Å². The fraction of sp³-hybridized carbons (Fsp3) is 0.429. The predicted octanol–water partition coefficient (Wildman–Crippen LogP) is 4.11. The molecule has 0 aliphatic heterocycles. The Balaban J connectivity index is 1.30. The molecule has 2 heterocycles. The van der Waals surface area contributed by atoms with E-state index in [1.807, 2.05) is 16.3 Å². The van der Waals surface area contributed by atoms with Crippen LogP contribution in [0.4, 0.5) is 0 Å². The first-order valence-electron chi connectivity index (χ1n) is 9.80. The van der Waals surface area contributed by atoms with E-state index in [4.69, 9.17) is 0 Å². The molecule has 1 aromatic carbocycles. The number of hydrogen-bond donors (Lipinski definition) is 1. The van der Waals surface area contributed by atoms with Crippen molar-refractivity contribution in [1.29, 1.82) is 0 Å². The summed E-state index contributed by atoms with van der Waals surface area (Å²) in [6, 6.07) is 8.97. The van der Waals surface area contributed by atoms with Gasteiger partial charge in [-0.2, -0.15) is 0 Å². The summed E-state index contributed by atoms with van der Waals surface area (Å²) in [5.41, 5.74) is 4.00. The summed E-state index contributed by atoms with van der Waals surface area (Å²) in [4.78, 5) is 16.9. The van der Waals surface area contributed by atoms with Crippen LogP contribution in [-0.4, -0.2) is 25.9 Å². The summed E-state index contributed by atoms with van der Waals surface area (Å²) in [6.45, 7) is 4.77. The Morgan fingerprint density at radius 1 is 1.25 bits per heavy atom. The van der Waals surface area contributed by atoms with E-state index in [2.05, 4.69) is 58.7 Å². The lowest BCUT2D eigenvalue weighted by Gasteiger charge is -2.24. The van der Waals surface area contributed by atoms with Crippen molar-refractivity contribution >= 4 is 17.2 Å². The Kier molecular flexibility index (Phi) is 5.52. The zero-order chi connectivity index (χ0) is 19.5. The van der Waals surface area contributed by atoms with Crippen molar-refractivity contribution in [2.45, 2.75) is 58.0 Å². The molecule has 0 spiro atoms. The zero-order valence-electron chi connectivity index (χ0n) is 16.3. The van der Waals surface area contributed by atoms with Gasteiger partial charge >= 0.3 is 0 Å². The first-order valence-corrected chi connectivity index (χ1v) is 10.7. The number of thiazole rings is 1. The standard InChI is InChI=1S/C21H25N5OS/c1-14(2)15-6-8-16(9-7-15)21-23-17(13-28-21)10-20(27)22-11-18-12-26(25-24-18)19-4-3-5-19/h6-9,12-14,19H,3-5,10-11H2,1-2H3,(H,22,27). The molecule has 6 nitrogen and oxygen atoms in total. The highest BCUT2D eigenvalue weighted by molar-refractivity contribution is 7.13. The summed E-state index contributed by atoms with van der Waals surface area (Å²) < 4.78 is 1.92. The highest BCUT2D eigenvalue weighted by atomic mass is 32.1. The molecule has 4 rings (SSSR count). The second-order valence-electron chi connectivity index (χ2n) is 7.65. The number of benzene rings is 1. The fourth-order valence-corrected chi connectivity index (χ4v) is 4.00. The average molecular weight is 396 g/mol. The molecular weight excluding hydrogens is 370 g/mol. The first kappa shape index (κ1) is 18.8. The number of aromatic nitrogens is 4. The maximum atomic E-state index is 12.3. The lowest BCUT2D eigenvalue weighted by Crippen LogP contribution is -2.24. The van der Waals surface area contributed by atoms with Crippen molar-refractivity contribution in [3.05, 3.63) is 52.8 Å². The molecule has 1 aliphatic rings. The third kappa shape index (κ3) is 4.30. The molecule has 1 amide bonds. The molecular formula is C21H25N5OS. The molecule has 7 heteroatoms. The zero-order valence-corrected chi connectivity index (χ0v) is 17.1. The minimum Gasteiger partial charge on any atom is -0.350 e. The molecule has 0 unspecified atom stereocenters. The van der Waals surface area contributed by atoms with Crippen LogP contribution in [0.1, 0.15) is 62.0 Å². The minimum absolute atomic E-state index is 0.0507. The van der Waals surface area contributed by atoms with Gasteiger partial charge in [0, 0.05) is 10.9 Å². The van der Waals surface area contributed by atoms with Gasteiger partial charge in [-0.1, -0.05) is 43.3 Å². The first-order chi connectivity index (χ1) is 13.6. The maximum absolute atomic E-state index is 12.3. The highest BCUT2D eigenvalue weighted by Gasteiger charge is 2.20. The lowest BCUT2D eigenvalue weighted by atomic mass is 9.93. The van der Waals surface area contributed by atoms with Gasteiger partial charge in [0.05, 0.1) is 30.9 Å². The molecule has 1 saturated carbocycles. The Morgan fingerprint density at radius 2 is 2.04 bits per heavy atom. The summed E-state index contributed by atoms with van der Waals surface area (Å²) >= 11 is 1.57. The molecule has 1 N–H and O–H groups in total. The van der Waals surface area contributed by atoms with E-state index in [0.717, 1.165) is 22.0 Å². The third-order valence-corrected chi connectivity index (χ3v) is 6.13. The van der Waals surface area contributed by atoms with E-state index in [1.54, 1.807) is 11.3 Å². The SMILES string of the molecule is CC(C)c1ccc(-c2nc(CC(=O)NCc3cn(C4CCC4)nn3)cs2)cc1. The van der Waals surface area contributed by atoms with Crippen LogP contribution in [0, 0.1) is 0 Å². The van der Waals surface area contributed by atoms with Gasteiger partial charge in [0.15, 0.2) is 0 Å². The second kappa shape index (κ2) is 8.22. The third-order valence-electron chi connectivity index (χ3n) is 5.19. The number of nitrogens with one attached hydrogen (secondary N) is 1. The second-order valence-corrected chi connectivity index (χ2v) is 8.51. The van der Waals surface area contributed by atoms with E-state index >= 15 is 0 Å². The summed E-state index contributed by atoms with van der Waals surface area (Å²) in [5.74, 6) is 0.463. The van der Waals surface area contributed by atoms with Gasteiger partial charge in [-0.25, -0.2) is 9.67 Å². The molecule has 3 aromatic rings. The number of carbonyl (C=O) groups excluding carboxylic acids is 1. The number of hydrogen-bond acceptors (Lipinski definition) is 5. The topological polar surface area (TPSA) is 72.7 Å². The summed E-state index contributed by atoms with van der Waals surface area (Å²) in [5, 5.41) is 14.1. The van der Waals surface area contributed by atoms with Gasteiger partial charge in [0.25, 0.3) is 0 Å². The van der Waals surface area contributed by atoms with Gasteiger partial charge in [-0.3, -0.25) is 4.79 Å². The molecule has 0 bridgehead atoms. The van der Waals surface area contributed by atoms with Gasteiger partial charge < -0.3 is 5.32 Å². The van der Waals surface area contributed by atoms with Crippen molar-refractivity contribution in [3.63, 3.8) is 0 Å². The van der Waals surface area contributed by atoms with Crippen LogP contribution in [-0.2, 0) is 17.8 Å². The summed E-state index contributed by atoms with van der Waals surface area (Å²) in [7, 11) is 0. The van der Waals surface area contributed by atoms with E-state index in [-0.39, 0.29) is 12.3 Å². The Hall–Kier alpha value is -2.54. The molecule has 146 valence electrons. The van der Waals surface area contributed by atoms with Crippen LogP contribution in [0.2, 0.25) is 0 Å². The van der Waals surface area contributed by atoms with Crippen LogP contribution in [0.3, 0.4) is 0 Å². The van der Waals surface area contributed by atoms with Crippen LogP contribution >= 0.6 is 11.3 Å². The molecule has 0 atom stereocenters. The fourth-order valence-electron chi connectivity index (χ4n) is 3.17. The molecule has 1 aliphatic carbocycles. The smallest absolute Gasteiger partial charge is 0.226 e. The van der Waals surface area contributed by atoms with Crippen LogP contribution < -0.4 is 5.32 Å². The summed E-state index contributed by atoms with van der Waals surface area (Å²) in [6.07, 6.45) is 5.81. The van der Waals surface area contributed by atoms with E-state index in [0.29, 0.717) is 18.5 Å². The predicted molar refractivity (Wildman–Crippen MR) is 110 cm³/mol. The van der Waals surface area contributed by atoms with Crippen molar-refractivity contribution in [2.75, 3.05) is 0 Å². The number of carbonyl (C=O) groups is 1. The van der Waals surface area contributed by atoms with Crippen molar-refractivity contribution in [1.82, 2.24) is 25.3 Å². The van der Waals surface area contributed by atoms with Gasteiger partial charge in [0.1, 0.15) is 10.7 Å². The van der Waals surface area contributed by atoms with Gasteiger partial charge in [-0.15, -0.1) is 16.4 Å². The molecule has 0 radical (unpaired) electrons. The Labute approximate surface area is 169 Å². The lowest BCUT2D eigenvalue weighted by molar-refractivity contribution is -0.120. The monoisotopic (exact) mass is 395 g/mol. The van der Waals surface area contributed by atoms with Crippen LogP contribution in [0.5, 0.6) is 0 Å². The Bertz CT molecular complexity index is 940. The normalized spacial score (nSPS) is 14.2. The minimum atomic E-state index is -0.0507. The molecule has 28 heavy (non-hydrogen) atoms. The number of amides is 1. The van der Waals surface area contributed by atoms with E-state index in [1.165, 1.54) is 24.8 Å². The number of nitrogens with zero attached hydrogens (tertiary/aromatic N) is 4. The van der Waals surface area contributed by atoms with Gasteiger partial charge in [0.2, 0.25) is 5.91 Å². The van der Waals surface area contributed by atoms with Crippen LogP contribution in [0.25, 0.3) is 10.6 Å². The highest BCUT2D eigenvalue weighted by Crippen LogP contribution is 2.30. The van der Waals surface area contributed by atoms with Gasteiger partial charge in [-0.05, 0) is 30.7 Å². The van der Waals surface area contributed by atoms with Crippen molar-refractivity contribution in [3.8, 4) is 10.6 Å².